The number of carbonyl (C=O) groups is 2. The van der Waals surface area contributed by atoms with E-state index in [9.17, 15) is 9.59 Å². The molecule has 0 spiro atoms. The normalized spacial score (nSPS) is 10.4. The Morgan fingerprint density at radius 1 is 1.17 bits per heavy atom. The van der Waals surface area contributed by atoms with E-state index in [-0.39, 0.29) is 31.1 Å². The van der Waals surface area contributed by atoms with E-state index in [2.05, 4.69) is 15.5 Å². The van der Waals surface area contributed by atoms with Crippen LogP contribution in [0.5, 0.6) is 5.88 Å². The molecular weight excluding hydrogens is 330 g/mol. The summed E-state index contributed by atoms with van der Waals surface area (Å²) in [5.74, 6) is 0.198. The number of amides is 1. The number of hydrogen-bond acceptors (Lipinski definition) is 7. The van der Waals surface area contributed by atoms with E-state index in [1.165, 1.54) is 11.3 Å². The Morgan fingerprint density at radius 2 is 2.04 bits per heavy atom. The van der Waals surface area contributed by atoms with Gasteiger partial charge in [0.15, 0.2) is 5.78 Å². The zero-order chi connectivity index (χ0) is 17.2. The Kier molecular flexibility index (Phi) is 7.31. The van der Waals surface area contributed by atoms with Crippen LogP contribution in [-0.2, 0) is 16.1 Å². The Morgan fingerprint density at radius 3 is 2.71 bits per heavy atom. The van der Waals surface area contributed by atoms with Crippen molar-refractivity contribution in [2.75, 3.05) is 20.3 Å². The molecule has 24 heavy (non-hydrogen) atoms. The van der Waals surface area contributed by atoms with Gasteiger partial charge < -0.3 is 14.8 Å². The number of Topliss-reactive ketones (excluding diaryl/α,β-unsaturated/α-hetero) is 1. The number of nitrogens with zero attached hydrogens (tertiary/aromatic N) is 2. The molecule has 0 aliphatic heterocycles. The van der Waals surface area contributed by atoms with Gasteiger partial charge in [0.25, 0.3) is 0 Å². The molecule has 2 heterocycles. The summed E-state index contributed by atoms with van der Waals surface area (Å²) in [7, 11) is 1.59. The molecule has 0 aromatic carbocycles. The topological polar surface area (TPSA) is 90.4 Å². The molecule has 1 N–H and O–H groups in total. The molecule has 128 valence electrons. The average molecular weight is 349 g/mol. The lowest BCUT2D eigenvalue weighted by molar-refractivity contribution is -0.121. The third-order valence-corrected chi connectivity index (χ3v) is 3.99. The van der Waals surface area contributed by atoms with Gasteiger partial charge in [-0.2, -0.15) is 5.10 Å². The molecule has 2 rings (SSSR count). The highest BCUT2D eigenvalue weighted by Gasteiger charge is 2.10. The molecule has 0 saturated carbocycles. The summed E-state index contributed by atoms with van der Waals surface area (Å²) in [5, 5.41) is 12.4. The van der Waals surface area contributed by atoms with Gasteiger partial charge in [-0.25, -0.2) is 0 Å². The second-order valence-corrected chi connectivity index (χ2v) is 5.83. The van der Waals surface area contributed by atoms with Crippen LogP contribution in [0.3, 0.4) is 0 Å². The summed E-state index contributed by atoms with van der Waals surface area (Å²) in [6.45, 7) is 1.14. The van der Waals surface area contributed by atoms with Gasteiger partial charge in [-0.3, -0.25) is 9.59 Å². The first-order valence-corrected chi connectivity index (χ1v) is 8.34. The average Bonchev–Trinajstić information content (AvgIpc) is 3.14. The number of hydrogen-bond donors (Lipinski definition) is 1. The minimum absolute atomic E-state index is 0.0162. The fraction of sp³-hybridized carbons (Fsp3) is 0.375. The Balaban J connectivity index is 1.68. The summed E-state index contributed by atoms with van der Waals surface area (Å²) < 4.78 is 10.2. The van der Waals surface area contributed by atoms with Crippen molar-refractivity contribution in [1.29, 1.82) is 0 Å². The third kappa shape index (κ3) is 6.05. The van der Waals surface area contributed by atoms with Gasteiger partial charge >= 0.3 is 0 Å². The van der Waals surface area contributed by atoms with Crippen LogP contribution < -0.4 is 10.1 Å². The van der Waals surface area contributed by atoms with E-state index in [1.54, 1.807) is 25.3 Å². The predicted molar refractivity (Wildman–Crippen MR) is 89.1 cm³/mol. The molecule has 0 fully saturated rings. The van der Waals surface area contributed by atoms with Crippen LogP contribution in [0, 0.1) is 0 Å². The van der Waals surface area contributed by atoms with Gasteiger partial charge in [0, 0.05) is 26.0 Å². The van der Waals surface area contributed by atoms with Gasteiger partial charge in [-0.05, 0) is 17.5 Å². The van der Waals surface area contributed by atoms with E-state index in [1.807, 2.05) is 11.4 Å². The van der Waals surface area contributed by atoms with Crippen molar-refractivity contribution in [3.8, 4) is 5.88 Å². The van der Waals surface area contributed by atoms with E-state index in [4.69, 9.17) is 9.47 Å². The maximum Gasteiger partial charge on any atom is 0.233 e. The fourth-order valence-corrected chi connectivity index (χ4v) is 2.51. The molecule has 0 atom stereocenters. The highest BCUT2D eigenvalue weighted by Crippen LogP contribution is 2.12. The molecule has 7 nitrogen and oxygen atoms in total. The zero-order valence-corrected chi connectivity index (χ0v) is 14.2. The highest BCUT2D eigenvalue weighted by atomic mass is 32.1. The molecule has 8 heteroatoms. The quantitative estimate of drug-likeness (QED) is 0.520. The zero-order valence-electron chi connectivity index (χ0n) is 13.4. The van der Waals surface area contributed by atoms with E-state index < -0.39 is 0 Å². The lowest BCUT2D eigenvalue weighted by Gasteiger charge is -2.06. The van der Waals surface area contributed by atoms with Crippen molar-refractivity contribution in [2.24, 2.45) is 0 Å². The lowest BCUT2D eigenvalue weighted by Crippen LogP contribution is -2.23. The standard InChI is InChI=1S/C16H19N3O4S/c1-22-8-9-23-16-7-4-12(18-19-16)11-17-15(21)6-5-13(20)14-3-2-10-24-14/h2-4,7,10H,5-6,8-9,11H2,1H3,(H,17,21). The van der Waals surface area contributed by atoms with Crippen molar-refractivity contribution in [3.63, 3.8) is 0 Å². The maximum atomic E-state index is 11.8. The number of carbonyl (C=O) groups excluding carboxylic acids is 2. The van der Waals surface area contributed by atoms with E-state index >= 15 is 0 Å². The van der Waals surface area contributed by atoms with Gasteiger partial charge in [0.05, 0.1) is 23.7 Å². The van der Waals surface area contributed by atoms with Crippen molar-refractivity contribution >= 4 is 23.0 Å². The van der Waals surface area contributed by atoms with Crippen molar-refractivity contribution in [3.05, 3.63) is 40.2 Å². The first kappa shape index (κ1) is 18.0. The molecule has 0 aliphatic rings. The molecule has 0 radical (unpaired) electrons. The molecule has 0 saturated heterocycles. The Hall–Kier alpha value is -2.32. The number of rotatable bonds is 10. The molecule has 0 aliphatic carbocycles. The Labute approximate surface area is 144 Å². The first-order chi connectivity index (χ1) is 11.7. The molecule has 1 amide bonds. The molecular formula is C16H19N3O4S. The molecule has 2 aromatic heterocycles. The van der Waals surface area contributed by atoms with Crippen LogP contribution in [0.25, 0.3) is 0 Å². The number of aromatic nitrogens is 2. The van der Waals surface area contributed by atoms with Crippen LogP contribution in [-0.4, -0.2) is 42.2 Å². The highest BCUT2D eigenvalue weighted by molar-refractivity contribution is 7.12. The number of methoxy groups -OCH3 is 1. The van der Waals surface area contributed by atoms with Crippen LogP contribution in [0.2, 0.25) is 0 Å². The predicted octanol–water partition coefficient (Wildman–Crippen LogP) is 1.84. The van der Waals surface area contributed by atoms with Crippen LogP contribution in [0.15, 0.2) is 29.6 Å². The van der Waals surface area contributed by atoms with Crippen LogP contribution in [0.1, 0.15) is 28.2 Å². The summed E-state index contributed by atoms with van der Waals surface area (Å²) in [6.07, 6.45) is 0.354. The van der Waals surface area contributed by atoms with Gasteiger partial charge in [-0.15, -0.1) is 16.4 Å². The number of ether oxygens (including phenoxy) is 2. The maximum absolute atomic E-state index is 11.8. The summed E-state index contributed by atoms with van der Waals surface area (Å²) in [6, 6.07) is 6.99. The summed E-state index contributed by atoms with van der Waals surface area (Å²) in [5.41, 5.74) is 0.618. The van der Waals surface area contributed by atoms with Crippen molar-refractivity contribution in [2.45, 2.75) is 19.4 Å². The molecule has 2 aromatic rings. The number of ketones is 1. The second-order valence-electron chi connectivity index (χ2n) is 4.88. The summed E-state index contributed by atoms with van der Waals surface area (Å²) in [4.78, 5) is 24.3. The van der Waals surface area contributed by atoms with Gasteiger partial charge in [-0.1, -0.05) is 6.07 Å². The SMILES string of the molecule is COCCOc1ccc(CNC(=O)CCC(=O)c2cccs2)nn1. The van der Waals surface area contributed by atoms with Gasteiger partial charge in [0.2, 0.25) is 11.8 Å². The molecule has 0 unspecified atom stereocenters. The largest absolute Gasteiger partial charge is 0.474 e. The molecule has 0 bridgehead atoms. The minimum atomic E-state index is -0.192. The van der Waals surface area contributed by atoms with E-state index in [0.717, 1.165) is 0 Å². The second kappa shape index (κ2) is 9.74. The van der Waals surface area contributed by atoms with Crippen LogP contribution >= 0.6 is 11.3 Å². The van der Waals surface area contributed by atoms with Crippen molar-refractivity contribution < 1.29 is 19.1 Å². The fourth-order valence-electron chi connectivity index (χ4n) is 1.81. The smallest absolute Gasteiger partial charge is 0.233 e. The van der Waals surface area contributed by atoms with E-state index in [0.29, 0.717) is 29.7 Å². The number of nitrogens with one attached hydrogen (secondary N) is 1. The minimum Gasteiger partial charge on any atom is -0.474 e. The van der Waals surface area contributed by atoms with Gasteiger partial charge in [0.1, 0.15) is 6.61 Å². The first-order valence-electron chi connectivity index (χ1n) is 7.47. The van der Waals surface area contributed by atoms with Crippen LogP contribution in [0.4, 0.5) is 0 Å². The third-order valence-electron chi connectivity index (χ3n) is 3.07. The summed E-state index contributed by atoms with van der Waals surface area (Å²) >= 11 is 1.38. The Bertz CT molecular complexity index is 644. The lowest BCUT2D eigenvalue weighted by atomic mass is 10.2. The number of thiophene rings is 1. The monoisotopic (exact) mass is 349 g/mol. The van der Waals surface area contributed by atoms with Crippen molar-refractivity contribution in [1.82, 2.24) is 15.5 Å².